The number of methoxy groups -OCH3 is 1. The minimum Gasteiger partial charge on any atom is -0.496 e. The topological polar surface area (TPSA) is 72.6 Å². The van der Waals surface area contributed by atoms with E-state index in [2.05, 4.69) is 4.98 Å². The van der Waals surface area contributed by atoms with Gasteiger partial charge in [-0.05, 0) is 30.3 Å². The first-order chi connectivity index (χ1) is 9.69. The highest BCUT2D eigenvalue weighted by atomic mass is 16.5. The van der Waals surface area contributed by atoms with E-state index in [0.717, 1.165) is 11.1 Å². The molecule has 3 rings (SSSR count). The predicted molar refractivity (Wildman–Crippen MR) is 73.0 cm³/mol. The molecular weight excluding hydrogens is 258 g/mol. The lowest BCUT2D eigenvalue weighted by atomic mass is 10.2. The van der Waals surface area contributed by atoms with Crippen molar-refractivity contribution in [1.29, 1.82) is 0 Å². The predicted octanol–water partition coefficient (Wildman–Crippen LogP) is 3.20. The molecule has 2 heterocycles. The van der Waals surface area contributed by atoms with Crippen LogP contribution in [0, 0.1) is 0 Å². The van der Waals surface area contributed by atoms with E-state index in [9.17, 15) is 4.79 Å². The average Bonchev–Trinajstić information content (AvgIpc) is 2.91. The van der Waals surface area contributed by atoms with E-state index in [4.69, 9.17) is 14.3 Å². The minimum absolute atomic E-state index is 0.141. The Balaban J connectivity index is 2.08. The Morgan fingerprint density at radius 1 is 1.30 bits per heavy atom. The highest BCUT2D eigenvalue weighted by Crippen LogP contribution is 2.32. The molecule has 0 spiro atoms. The van der Waals surface area contributed by atoms with Crippen molar-refractivity contribution < 1.29 is 19.1 Å². The van der Waals surface area contributed by atoms with Crippen LogP contribution in [0.3, 0.4) is 0 Å². The Kier molecular flexibility index (Phi) is 2.87. The lowest BCUT2D eigenvalue weighted by Crippen LogP contribution is -1.96. The molecule has 0 aliphatic heterocycles. The van der Waals surface area contributed by atoms with E-state index in [1.54, 1.807) is 13.2 Å². The standard InChI is InChI=1S/C15H11NO4/c1-19-12-3-2-4-13-10(12)7-14(20-13)11-6-5-9(8-16-11)15(17)18/h2-8H,1H3,(H,17,18). The molecule has 0 fully saturated rings. The number of carboxylic acids is 1. The van der Waals surface area contributed by atoms with Crippen LogP contribution in [-0.4, -0.2) is 23.2 Å². The van der Waals surface area contributed by atoms with Gasteiger partial charge < -0.3 is 14.3 Å². The maximum atomic E-state index is 10.8. The van der Waals surface area contributed by atoms with E-state index >= 15 is 0 Å². The molecule has 2 aromatic heterocycles. The summed E-state index contributed by atoms with van der Waals surface area (Å²) in [6.07, 6.45) is 1.31. The van der Waals surface area contributed by atoms with Gasteiger partial charge in [0.25, 0.3) is 0 Å². The second kappa shape index (κ2) is 4.70. The molecule has 3 aromatic rings. The van der Waals surface area contributed by atoms with Crippen molar-refractivity contribution >= 4 is 16.9 Å². The van der Waals surface area contributed by atoms with Gasteiger partial charge in [-0.1, -0.05) is 6.07 Å². The summed E-state index contributed by atoms with van der Waals surface area (Å²) in [6, 6.07) is 10.5. The number of fused-ring (bicyclic) bond motifs is 1. The van der Waals surface area contributed by atoms with Gasteiger partial charge >= 0.3 is 5.97 Å². The third-order valence-corrected chi connectivity index (χ3v) is 3.00. The maximum Gasteiger partial charge on any atom is 0.337 e. The molecule has 0 amide bonds. The van der Waals surface area contributed by atoms with Crippen LogP contribution in [0.25, 0.3) is 22.4 Å². The molecule has 5 nitrogen and oxygen atoms in total. The highest BCUT2D eigenvalue weighted by Gasteiger charge is 2.11. The number of carboxylic acid groups (broad SMARTS) is 1. The molecule has 100 valence electrons. The zero-order valence-corrected chi connectivity index (χ0v) is 10.7. The fourth-order valence-corrected chi connectivity index (χ4v) is 2.00. The van der Waals surface area contributed by atoms with Gasteiger partial charge in [0.2, 0.25) is 0 Å². The fraction of sp³-hybridized carbons (Fsp3) is 0.0667. The lowest BCUT2D eigenvalue weighted by Gasteiger charge is -1.98. The number of aromatic nitrogens is 1. The first kappa shape index (κ1) is 12.2. The lowest BCUT2D eigenvalue weighted by molar-refractivity contribution is 0.0696. The van der Waals surface area contributed by atoms with E-state index in [1.807, 2.05) is 24.3 Å². The number of rotatable bonds is 3. The van der Waals surface area contributed by atoms with Crippen LogP contribution in [0.5, 0.6) is 5.75 Å². The summed E-state index contributed by atoms with van der Waals surface area (Å²) in [5.74, 6) is 0.288. The molecule has 0 aliphatic rings. The molecule has 1 N–H and O–H groups in total. The number of aromatic carboxylic acids is 1. The summed E-state index contributed by atoms with van der Waals surface area (Å²) in [5.41, 5.74) is 1.42. The summed E-state index contributed by atoms with van der Waals surface area (Å²) < 4.78 is 11.0. The third kappa shape index (κ3) is 1.99. The van der Waals surface area contributed by atoms with Crippen molar-refractivity contribution in [3.63, 3.8) is 0 Å². The summed E-state index contributed by atoms with van der Waals surface area (Å²) in [4.78, 5) is 14.9. The number of hydrogen-bond acceptors (Lipinski definition) is 4. The second-order valence-corrected chi connectivity index (χ2v) is 4.22. The van der Waals surface area contributed by atoms with Crippen molar-refractivity contribution in [1.82, 2.24) is 4.98 Å². The normalized spacial score (nSPS) is 10.7. The average molecular weight is 269 g/mol. The summed E-state index contributed by atoms with van der Waals surface area (Å²) in [5, 5.41) is 9.70. The second-order valence-electron chi connectivity index (χ2n) is 4.22. The van der Waals surface area contributed by atoms with Gasteiger partial charge in [-0.2, -0.15) is 0 Å². The van der Waals surface area contributed by atoms with Crippen molar-refractivity contribution in [3.05, 3.63) is 48.2 Å². The van der Waals surface area contributed by atoms with Gasteiger partial charge in [0.1, 0.15) is 17.0 Å². The van der Waals surface area contributed by atoms with Crippen LogP contribution in [0.2, 0.25) is 0 Å². The molecule has 20 heavy (non-hydrogen) atoms. The smallest absolute Gasteiger partial charge is 0.337 e. The van der Waals surface area contributed by atoms with Crippen LogP contribution in [0.15, 0.2) is 47.0 Å². The Morgan fingerprint density at radius 2 is 2.15 bits per heavy atom. The van der Waals surface area contributed by atoms with Crippen LogP contribution in [-0.2, 0) is 0 Å². The number of furan rings is 1. The Labute approximate surface area is 114 Å². The van der Waals surface area contributed by atoms with Crippen molar-refractivity contribution in [2.75, 3.05) is 7.11 Å². The number of hydrogen-bond donors (Lipinski definition) is 1. The van der Waals surface area contributed by atoms with Crippen LogP contribution in [0.4, 0.5) is 0 Å². The molecular formula is C15H11NO4. The van der Waals surface area contributed by atoms with Gasteiger partial charge in [-0.15, -0.1) is 0 Å². The first-order valence-electron chi connectivity index (χ1n) is 5.95. The van der Waals surface area contributed by atoms with Crippen molar-refractivity contribution in [2.24, 2.45) is 0 Å². The van der Waals surface area contributed by atoms with Crippen LogP contribution < -0.4 is 4.74 Å². The largest absolute Gasteiger partial charge is 0.496 e. The monoisotopic (exact) mass is 269 g/mol. The van der Waals surface area contributed by atoms with E-state index < -0.39 is 5.97 Å². The molecule has 0 bridgehead atoms. The number of carbonyl (C=O) groups is 1. The number of nitrogens with zero attached hydrogens (tertiary/aromatic N) is 1. The molecule has 0 unspecified atom stereocenters. The summed E-state index contributed by atoms with van der Waals surface area (Å²) in [6.45, 7) is 0. The molecule has 1 aromatic carbocycles. The third-order valence-electron chi connectivity index (χ3n) is 3.00. The van der Waals surface area contributed by atoms with E-state index in [-0.39, 0.29) is 5.56 Å². The van der Waals surface area contributed by atoms with Gasteiger partial charge in [-0.25, -0.2) is 4.79 Å². The van der Waals surface area contributed by atoms with E-state index in [1.165, 1.54) is 12.3 Å². The Hall–Kier alpha value is -2.82. The summed E-state index contributed by atoms with van der Waals surface area (Å²) in [7, 11) is 1.60. The Bertz CT molecular complexity index is 774. The van der Waals surface area contributed by atoms with Crippen LogP contribution in [0.1, 0.15) is 10.4 Å². The molecule has 0 saturated carbocycles. The highest BCUT2D eigenvalue weighted by molar-refractivity contribution is 5.89. The Morgan fingerprint density at radius 3 is 2.80 bits per heavy atom. The zero-order chi connectivity index (χ0) is 14.1. The van der Waals surface area contributed by atoms with E-state index in [0.29, 0.717) is 17.0 Å². The molecule has 0 atom stereocenters. The maximum absolute atomic E-state index is 10.8. The quantitative estimate of drug-likeness (QED) is 0.790. The fourth-order valence-electron chi connectivity index (χ4n) is 2.00. The van der Waals surface area contributed by atoms with Gasteiger partial charge in [0.05, 0.1) is 18.1 Å². The van der Waals surface area contributed by atoms with Crippen molar-refractivity contribution in [3.8, 4) is 17.2 Å². The number of benzene rings is 1. The number of ether oxygens (including phenoxy) is 1. The SMILES string of the molecule is COc1cccc2oc(-c3ccc(C(=O)O)cn3)cc12. The summed E-state index contributed by atoms with van der Waals surface area (Å²) >= 11 is 0. The molecule has 5 heteroatoms. The minimum atomic E-state index is -1.00. The van der Waals surface area contributed by atoms with Gasteiger partial charge in [-0.3, -0.25) is 4.98 Å². The molecule has 0 radical (unpaired) electrons. The number of pyridine rings is 1. The molecule has 0 aliphatic carbocycles. The molecule has 0 saturated heterocycles. The first-order valence-corrected chi connectivity index (χ1v) is 5.95. The van der Waals surface area contributed by atoms with Gasteiger partial charge in [0.15, 0.2) is 5.76 Å². The van der Waals surface area contributed by atoms with Gasteiger partial charge in [0, 0.05) is 6.20 Å². The van der Waals surface area contributed by atoms with Crippen molar-refractivity contribution in [2.45, 2.75) is 0 Å². The zero-order valence-electron chi connectivity index (χ0n) is 10.7. The van der Waals surface area contributed by atoms with Crippen LogP contribution >= 0.6 is 0 Å².